The molecule has 1 unspecified atom stereocenters. The van der Waals surface area contributed by atoms with Crippen LogP contribution in [0, 0.1) is 6.92 Å². The van der Waals surface area contributed by atoms with Gasteiger partial charge in [0.05, 0.1) is 5.25 Å². The Balaban J connectivity index is 1.71. The maximum atomic E-state index is 12.5. The fraction of sp³-hybridized carbons (Fsp3) is 0.211. The summed E-state index contributed by atoms with van der Waals surface area (Å²) in [7, 11) is 1.91. The van der Waals surface area contributed by atoms with Crippen LogP contribution in [0.1, 0.15) is 12.5 Å². The molecule has 1 atom stereocenters. The smallest absolute Gasteiger partial charge is 0.237 e. The third-order valence-electron chi connectivity index (χ3n) is 3.92. The van der Waals surface area contributed by atoms with Gasteiger partial charge in [-0.2, -0.15) is 0 Å². The van der Waals surface area contributed by atoms with E-state index in [-0.39, 0.29) is 11.2 Å². The SMILES string of the molecule is Cc1ccccc1NC(=O)C(C)Sc1nnc(-c2ccccc2)n1C. The number of carbonyl (C=O) groups is 1. The van der Waals surface area contributed by atoms with Gasteiger partial charge in [-0.15, -0.1) is 10.2 Å². The Morgan fingerprint density at radius 1 is 1.08 bits per heavy atom. The second-order valence-electron chi connectivity index (χ2n) is 5.80. The summed E-state index contributed by atoms with van der Waals surface area (Å²) >= 11 is 1.40. The van der Waals surface area contributed by atoms with Crippen molar-refractivity contribution in [2.45, 2.75) is 24.3 Å². The molecule has 6 heteroatoms. The Kier molecular flexibility index (Phi) is 5.19. The summed E-state index contributed by atoms with van der Waals surface area (Å²) in [6.07, 6.45) is 0. The van der Waals surface area contributed by atoms with Gasteiger partial charge in [-0.1, -0.05) is 60.3 Å². The monoisotopic (exact) mass is 352 g/mol. The molecule has 3 rings (SSSR count). The molecule has 1 N–H and O–H groups in total. The van der Waals surface area contributed by atoms with Gasteiger partial charge in [0.15, 0.2) is 11.0 Å². The van der Waals surface area contributed by atoms with Crippen molar-refractivity contribution in [2.75, 3.05) is 5.32 Å². The number of aryl methyl sites for hydroxylation is 1. The fourth-order valence-corrected chi connectivity index (χ4v) is 3.23. The summed E-state index contributed by atoms with van der Waals surface area (Å²) in [6.45, 7) is 3.84. The number of aromatic nitrogens is 3. The highest BCUT2D eigenvalue weighted by molar-refractivity contribution is 8.00. The van der Waals surface area contributed by atoms with E-state index in [2.05, 4.69) is 15.5 Å². The van der Waals surface area contributed by atoms with E-state index in [1.165, 1.54) is 11.8 Å². The van der Waals surface area contributed by atoms with Crippen LogP contribution in [0.25, 0.3) is 11.4 Å². The van der Waals surface area contributed by atoms with Crippen LogP contribution in [0.15, 0.2) is 59.8 Å². The molecule has 0 spiro atoms. The predicted molar refractivity (Wildman–Crippen MR) is 102 cm³/mol. The van der Waals surface area contributed by atoms with E-state index in [1.54, 1.807) is 0 Å². The zero-order valence-corrected chi connectivity index (χ0v) is 15.2. The Hall–Kier alpha value is -2.60. The van der Waals surface area contributed by atoms with E-state index in [0.29, 0.717) is 5.16 Å². The molecule has 0 aliphatic rings. The lowest BCUT2D eigenvalue weighted by Crippen LogP contribution is -2.23. The van der Waals surface area contributed by atoms with Gasteiger partial charge in [-0.25, -0.2) is 0 Å². The number of hydrogen-bond donors (Lipinski definition) is 1. The predicted octanol–water partition coefficient (Wildman–Crippen LogP) is 3.91. The lowest BCUT2D eigenvalue weighted by molar-refractivity contribution is -0.115. The van der Waals surface area contributed by atoms with Crippen molar-refractivity contribution in [3.05, 3.63) is 60.2 Å². The summed E-state index contributed by atoms with van der Waals surface area (Å²) in [6, 6.07) is 17.6. The molecule has 0 aliphatic carbocycles. The van der Waals surface area contributed by atoms with Crippen molar-refractivity contribution < 1.29 is 4.79 Å². The minimum absolute atomic E-state index is 0.0523. The molecule has 0 aliphatic heterocycles. The number of amides is 1. The Bertz CT molecular complexity index is 876. The quantitative estimate of drug-likeness (QED) is 0.707. The number of rotatable bonds is 5. The molecule has 0 fully saturated rings. The zero-order valence-electron chi connectivity index (χ0n) is 14.4. The highest BCUT2D eigenvalue weighted by atomic mass is 32.2. The van der Waals surface area contributed by atoms with E-state index in [9.17, 15) is 4.79 Å². The summed E-state index contributed by atoms with van der Waals surface area (Å²) in [4.78, 5) is 12.5. The van der Waals surface area contributed by atoms with Crippen molar-refractivity contribution in [2.24, 2.45) is 7.05 Å². The molecule has 2 aromatic carbocycles. The van der Waals surface area contributed by atoms with E-state index in [0.717, 1.165) is 22.6 Å². The molecule has 1 amide bonds. The molecule has 128 valence electrons. The van der Waals surface area contributed by atoms with Gasteiger partial charge in [0.25, 0.3) is 0 Å². The van der Waals surface area contributed by atoms with Crippen LogP contribution < -0.4 is 5.32 Å². The largest absolute Gasteiger partial charge is 0.325 e. The number of thioether (sulfide) groups is 1. The third-order valence-corrected chi connectivity index (χ3v) is 5.06. The average Bonchev–Trinajstić information content (AvgIpc) is 2.98. The number of anilines is 1. The van der Waals surface area contributed by atoms with Crippen molar-refractivity contribution in [1.29, 1.82) is 0 Å². The van der Waals surface area contributed by atoms with Crippen molar-refractivity contribution >= 4 is 23.4 Å². The minimum Gasteiger partial charge on any atom is -0.325 e. The molecule has 1 heterocycles. The van der Waals surface area contributed by atoms with Gasteiger partial charge < -0.3 is 9.88 Å². The van der Waals surface area contributed by atoms with Gasteiger partial charge >= 0.3 is 0 Å². The maximum absolute atomic E-state index is 12.5. The number of para-hydroxylation sites is 1. The average molecular weight is 352 g/mol. The Morgan fingerprint density at radius 3 is 2.48 bits per heavy atom. The highest BCUT2D eigenvalue weighted by Gasteiger charge is 2.19. The maximum Gasteiger partial charge on any atom is 0.237 e. The minimum atomic E-state index is -0.286. The number of nitrogens with one attached hydrogen (secondary N) is 1. The number of hydrogen-bond acceptors (Lipinski definition) is 4. The lowest BCUT2D eigenvalue weighted by Gasteiger charge is -2.13. The molecular formula is C19H20N4OS. The summed E-state index contributed by atoms with van der Waals surface area (Å²) < 4.78 is 1.91. The molecule has 0 radical (unpaired) electrons. The van der Waals surface area contributed by atoms with Crippen LogP contribution in [0.4, 0.5) is 5.69 Å². The number of carbonyl (C=O) groups excluding carboxylic acids is 1. The second kappa shape index (κ2) is 7.53. The first kappa shape index (κ1) is 17.2. The van der Waals surface area contributed by atoms with Gasteiger partial charge in [0, 0.05) is 18.3 Å². The molecule has 0 bridgehead atoms. The van der Waals surface area contributed by atoms with Crippen LogP contribution in [0.3, 0.4) is 0 Å². The summed E-state index contributed by atoms with van der Waals surface area (Å²) in [5.74, 6) is 0.734. The zero-order chi connectivity index (χ0) is 17.8. The molecular weight excluding hydrogens is 332 g/mol. The highest BCUT2D eigenvalue weighted by Crippen LogP contribution is 2.26. The van der Waals surface area contributed by atoms with Crippen LogP contribution in [0.2, 0.25) is 0 Å². The Labute approximate surface area is 151 Å². The summed E-state index contributed by atoms with van der Waals surface area (Å²) in [5.41, 5.74) is 2.88. The van der Waals surface area contributed by atoms with E-state index < -0.39 is 0 Å². The van der Waals surface area contributed by atoms with Crippen LogP contribution >= 0.6 is 11.8 Å². The summed E-state index contributed by atoms with van der Waals surface area (Å²) in [5, 5.41) is 11.9. The van der Waals surface area contributed by atoms with E-state index in [1.807, 2.05) is 80.1 Å². The topological polar surface area (TPSA) is 59.8 Å². The van der Waals surface area contributed by atoms with Gasteiger partial charge in [0.2, 0.25) is 5.91 Å². The van der Waals surface area contributed by atoms with Crippen LogP contribution in [-0.4, -0.2) is 25.9 Å². The molecule has 5 nitrogen and oxygen atoms in total. The molecule has 25 heavy (non-hydrogen) atoms. The third kappa shape index (κ3) is 3.91. The molecule has 0 saturated carbocycles. The van der Waals surface area contributed by atoms with Gasteiger partial charge in [-0.05, 0) is 25.5 Å². The fourth-order valence-electron chi connectivity index (χ4n) is 2.42. The van der Waals surface area contributed by atoms with Crippen molar-refractivity contribution in [1.82, 2.24) is 14.8 Å². The first-order chi connectivity index (χ1) is 12.1. The lowest BCUT2D eigenvalue weighted by atomic mass is 10.2. The van der Waals surface area contributed by atoms with Gasteiger partial charge in [-0.3, -0.25) is 4.79 Å². The second-order valence-corrected chi connectivity index (χ2v) is 7.10. The number of nitrogens with zero attached hydrogens (tertiary/aromatic N) is 3. The van der Waals surface area contributed by atoms with Crippen molar-refractivity contribution in [3.63, 3.8) is 0 Å². The Morgan fingerprint density at radius 2 is 1.76 bits per heavy atom. The standard InChI is InChI=1S/C19H20N4OS/c1-13-9-7-8-12-16(13)20-18(24)14(2)25-19-22-21-17(23(19)3)15-10-5-4-6-11-15/h4-12,14H,1-3H3,(H,20,24). The first-order valence-corrected chi connectivity index (χ1v) is 8.92. The molecule has 3 aromatic rings. The normalized spacial score (nSPS) is 12.0. The van der Waals surface area contributed by atoms with Crippen molar-refractivity contribution in [3.8, 4) is 11.4 Å². The molecule has 1 aromatic heterocycles. The van der Waals surface area contributed by atoms with E-state index in [4.69, 9.17) is 0 Å². The van der Waals surface area contributed by atoms with E-state index >= 15 is 0 Å². The van der Waals surface area contributed by atoms with Crippen LogP contribution in [0.5, 0.6) is 0 Å². The first-order valence-electron chi connectivity index (χ1n) is 8.04. The molecule has 0 saturated heterocycles. The van der Waals surface area contributed by atoms with Crippen LogP contribution in [-0.2, 0) is 11.8 Å². The van der Waals surface area contributed by atoms with Gasteiger partial charge in [0.1, 0.15) is 0 Å². The number of benzene rings is 2.